The molecule has 2 heteroatoms. The molecule has 1 nitrogen and oxygen atoms in total. The fourth-order valence-electron chi connectivity index (χ4n) is 1.63. The second-order valence-electron chi connectivity index (χ2n) is 4.23. The molecule has 1 atom stereocenters. The first-order valence-electron chi connectivity index (χ1n) is 5.61. The van der Waals surface area contributed by atoms with Crippen molar-refractivity contribution in [2.24, 2.45) is 11.8 Å². The largest absolute Gasteiger partial charge is 0.316 e. The number of thioether (sulfide) groups is 1. The number of hydrogen-bond donors (Lipinski definition) is 1. The average molecular weight is 201 g/mol. The minimum Gasteiger partial charge on any atom is -0.316 e. The Morgan fingerprint density at radius 2 is 2.08 bits per heavy atom. The minimum absolute atomic E-state index is 0.845. The summed E-state index contributed by atoms with van der Waals surface area (Å²) >= 11 is 2.12. The molecule has 1 N–H and O–H groups in total. The van der Waals surface area contributed by atoms with Crippen LogP contribution >= 0.6 is 11.8 Å². The Hall–Kier alpha value is 0.310. The summed E-state index contributed by atoms with van der Waals surface area (Å²) in [7, 11) is 0. The first-order valence-corrected chi connectivity index (χ1v) is 6.76. The lowest BCUT2D eigenvalue weighted by Crippen LogP contribution is -2.29. The number of hydrogen-bond acceptors (Lipinski definition) is 2. The van der Waals surface area contributed by atoms with Gasteiger partial charge in [0.2, 0.25) is 0 Å². The van der Waals surface area contributed by atoms with Crippen molar-refractivity contribution >= 4 is 11.8 Å². The van der Waals surface area contributed by atoms with Gasteiger partial charge in [0.05, 0.1) is 0 Å². The summed E-state index contributed by atoms with van der Waals surface area (Å²) in [6.45, 7) is 7.05. The van der Waals surface area contributed by atoms with Crippen LogP contribution in [0.2, 0.25) is 0 Å². The van der Waals surface area contributed by atoms with Crippen LogP contribution in [0.5, 0.6) is 0 Å². The summed E-state index contributed by atoms with van der Waals surface area (Å²) in [4.78, 5) is 0. The fourth-order valence-corrected chi connectivity index (χ4v) is 2.83. The van der Waals surface area contributed by atoms with Crippen molar-refractivity contribution in [1.82, 2.24) is 5.32 Å². The van der Waals surface area contributed by atoms with Crippen LogP contribution in [-0.4, -0.2) is 24.6 Å². The summed E-state index contributed by atoms with van der Waals surface area (Å²) in [5.41, 5.74) is 0. The smallest absolute Gasteiger partial charge is 0.00198 e. The maximum Gasteiger partial charge on any atom is -0.00198 e. The molecule has 0 spiro atoms. The van der Waals surface area contributed by atoms with Gasteiger partial charge in [-0.05, 0) is 49.3 Å². The molecular weight excluding hydrogens is 178 g/mol. The molecule has 0 aliphatic carbocycles. The van der Waals surface area contributed by atoms with Gasteiger partial charge >= 0.3 is 0 Å². The summed E-state index contributed by atoms with van der Waals surface area (Å²) in [5.74, 6) is 4.58. The molecule has 78 valence electrons. The zero-order valence-corrected chi connectivity index (χ0v) is 9.83. The van der Waals surface area contributed by atoms with E-state index < -0.39 is 0 Å². The van der Waals surface area contributed by atoms with Crippen LogP contribution in [0.15, 0.2) is 0 Å². The van der Waals surface area contributed by atoms with Gasteiger partial charge in [0, 0.05) is 0 Å². The van der Waals surface area contributed by atoms with Gasteiger partial charge in [-0.25, -0.2) is 0 Å². The van der Waals surface area contributed by atoms with Crippen LogP contribution in [-0.2, 0) is 0 Å². The molecule has 0 bridgehead atoms. The van der Waals surface area contributed by atoms with Gasteiger partial charge in [-0.3, -0.25) is 0 Å². The topological polar surface area (TPSA) is 12.0 Å². The highest BCUT2D eigenvalue weighted by molar-refractivity contribution is 7.99. The standard InChI is InChI=1S/C11H23NS/c1-3-10(2)8-12-9-11-4-6-13-7-5-11/h10-12H,3-9H2,1-2H3. The van der Waals surface area contributed by atoms with Crippen molar-refractivity contribution in [2.75, 3.05) is 24.6 Å². The maximum atomic E-state index is 3.60. The molecule has 1 rings (SSSR count). The van der Waals surface area contributed by atoms with Gasteiger partial charge in [0.15, 0.2) is 0 Å². The van der Waals surface area contributed by atoms with Gasteiger partial charge in [-0.2, -0.15) is 11.8 Å². The molecule has 0 amide bonds. The molecule has 0 aromatic carbocycles. The van der Waals surface area contributed by atoms with Crippen LogP contribution in [0.4, 0.5) is 0 Å². The van der Waals surface area contributed by atoms with E-state index in [1.165, 1.54) is 43.9 Å². The Balaban J connectivity index is 1.98. The van der Waals surface area contributed by atoms with Gasteiger partial charge < -0.3 is 5.32 Å². The Morgan fingerprint density at radius 1 is 1.38 bits per heavy atom. The van der Waals surface area contributed by atoms with Crippen LogP contribution in [0.3, 0.4) is 0 Å². The van der Waals surface area contributed by atoms with Crippen molar-refractivity contribution in [1.29, 1.82) is 0 Å². The van der Waals surface area contributed by atoms with Gasteiger partial charge in [0.25, 0.3) is 0 Å². The van der Waals surface area contributed by atoms with Crippen LogP contribution in [0.25, 0.3) is 0 Å². The molecular formula is C11H23NS. The molecule has 1 fully saturated rings. The van der Waals surface area contributed by atoms with Crippen molar-refractivity contribution in [3.8, 4) is 0 Å². The fraction of sp³-hybridized carbons (Fsp3) is 1.00. The molecule has 1 aliphatic heterocycles. The summed E-state index contributed by atoms with van der Waals surface area (Å²) in [6, 6.07) is 0. The highest BCUT2D eigenvalue weighted by Gasteiger charge is 2.12. The van der Waals surface area contributed by atoms with E-state index in [1.807, 2.05) is 0 Å². The van der Waals surface area contributed by atoms with Crippen LogP contribution in [0, 0.1) is 11.8 Å². The predicted octanol–water partition coefficient (Wildman–Crippen LogP) is 2.77. The van der Waals surface area contributed by atoms with Crippen LogP contribution < -0.4 is 5.32 Å². The lowest BCUT2D eigenvalue weighted by Gasteiger charge is -2.22. The third-order valence-electron chi connectivity index (χ3n) is 2.96. The molecule has 1 heterocycles. The minimum atomic E-state index is 0.845. The van der Waals surface area contributed by atoms with Crippen molar-refractivity contribution in [3.63, 3.8) is 0 Å². The Bertz CT molecular complexity index is 121. The van der Waals surface area contributed by atoms with E-state index in [4.69, 9.17) is 0 Å². The monoisotopic (exact) mass is 201 g/mol. The summed E-state index contributed by atoms with van der Waals surface area (Å²) in [6.07, 6.45) is 4.16. The Labute approximate surface area is 87.1 Å². The maximum absolute atomic E-state index is 3.60. The summed E-state index contributed by atoms with van der Waals surface area (Å²) < 4.78 is 0. The van der Waals surface area contributed by atoms with E-state index in [2.05, 4.69) is 30.9 Å². The predicted molar refractivity (Wildman–Crippen MR) is 62.4 cm³/mol. The number of nitrogens with one attached hydrogen (secondary N) is 1. The van der Waals surface area contributed by atoms with E-state index in [9.17, 15) is 0 Å². The van der Waals surface area contributed by atoms with Gasteiger partial charge in [-0.15, -0.1) is 0 Å². The zero-order valence-electron chi connectivity index (χ0n) is 9.01. The van der Waals surface area contributed by atoms with Crippen LogP contribution in [0.1, 0.15) is 33.1 Å². The lowest BCUT2D eigenvalue weighted by molar-refractivity contribution is 0.415. The first kappa shape index (κ1) is 11.4. The summed E-state index contributed by atoms with van der Waals surface area (Å²) in [5, 5.41) is 3.60. The van der Waals surface area contributed by atoms with Crippen molar-refractivity contribution in [3.05, 3.63) is 0 Å². The third-order valence-corrected chi connectivity index (χ3v) is 4.01. The third kappa shape index (κ3) is 4.92. The molecule has 0 aromatic heterocycles. The van der Waals surface area contributed by atoms with E-state index in [1.54, 1.807) is 0 Å². The highest BCUT2D eigenvalue weighted by Crippen LogP contribution is 2.21. The van der Waals surface area contributed by atoms with E-state index in [0.29, 0.717) is 0 Å². The van der Waals surface area contributed by atoms with E-state index >= 15 is 0 Å². The van der Waals surface area contributed by atoms with E-state index in [0.717, 1.165) is 11.8 Å². The normalized spacial score (nSPS) is 21.7. The van der Waals surface area contributed by atoms with Crippen molar-refractivity contribution < 1.29 is 0 Å². The quantitative estimate of drug-likeness (QED) is 0.734. The van der Waals surface area contributed by atoms with Gasteiger partial charge in [0.1, 0.15) is 0 Å². The van der Waals surface area contributed by atoms with Gasteiger partial charge in [-0.1, -0.05) is 20.3 Å². The molecule has 13 heavy (non-hydrogen) atoms. The second-order valence-corrected chi connectivity index (χ2v) is 5.45. The molecule has 1 saturated heterocycles. The van der Waals surface area contributed by atoms with E-state index in [-0.39, 0.29) is 0 Å². The Kier molecular flexibility index (Phi) is 5.88. The Morgan fingerprint density at radius 3 is 2.69 bits per heavy atom. The molecule has 0 aromatic rings. The number of rotatable bonds is 5. The average Bonchev–Trinajstić information content (AvgIpc) is 2.19. The molecule has 0 saturated carbocycles. The van der Waals surface area contributed by atoms with Crippen molar-refractivity contribution in [2.45, 2.75) is 33.1 Å². The molecule has 1 unspecified atom stereocenters. The SMILES string of the molecule is CCC(C)CNCC1CCSCC1. The zero-order chi connectivity index (χ0) is 9.52. The lowest BCUT2D eigenvalue weighted by atomic mass is 10.0. The molecule has 1 aliphatic rings. The molecule has 0 radical (unpaired) electrons. The highest BCUT2D eigenvalue weighted by atomic mass is 32.2. The first-order chi connectivity index (χ1) is 6.33. The second kappa shape index (κ2) is 6.72.